The van der Waals surface area contributed by atoms with Crippen molar-refractivity contribution < 1.29 is 0 Å². The molecule has 0 saturated heterocycles. The Balaban J connectivity index is 2.62. The van der Waals surface area contributed by atoms with Crippen LogP contribution in [0.15, 0.2) is 0 Å². The standard InChI is InChI=1S/C14H28N4/c1-10(8-9-17(5)6)15-11(2)14-12(3)16-18(7)13(14)4/h10-11,15H,8-9H2,1-7H3. The van der Waals surface area contributed by atoms with Crippen LogP contribution in [-0.2, 0) is 7.05 Å². The van der Waals surface area contributed by atoms with E-state index in [9.17, 15) is 0 Å². The predicted molar refractivity (Wildman–Crippen MR) is 76.9 cm³/mol. The summed E-state index contributed by atoms with van der Waals surface area (Å²) >= 11 is 0. The fraction of sp³-hybridized carbons (Fsp3) is 0.786. The number of nitrogens with zero attached hydrogens (tertiary/aromatic N) is 3. The second kappa shape index (κ2) is 6.34. The van der Waals surface area contributed by atoms with Gasteiger partial charge in [-0.05, 0) is 54.8 Å². The van der Waals surface area contributed by atoms with E-state index in [0.717, 1.165) is 18.7 Å². The summed E-state index contributed by atoms with van der Waals surface area (Å²) < 4.78 is 1.97. The van der Waals surface area contributed by atoms with Crippen molar-refractivity contribution in [2.75, 3.05) is 20.6 Å². The van der Waals surface area contributed by atoms with Crippen LogP contribution in [0.1, 0.15) is 43.3 Å². The fourth-order valence-electron chi connectivity index (χ4n) is 2.46. The molecule has 1 aromatic rings. The molecule has 0 bridgehead atoms. The quantitative estimate of drug-likeness (QED) is 0.841. The van der Waals surface area contributed by atoms with Crippen molar-refractivity contribution >= 4 is 0 Å². The first-order valence-electron chi connectivity index (χ1n) is 6.73. The average molecular weight is 252 g/mol. The van der Waals surface area contributed by atoms with Gasteiger partial charge in [-0.2, -0.15) is 5.10 Å². The van der Waals surface area contributed by atoms with E-state index in [1.807, 2.05) is 11.7 Å². The van der Waals surface area contributed by atoms with Crippen molar-refractivity contribution in [3.05, 3.63) is 17.0 Å². The molecular formula is C14H28N4. The van der Waals surface area contributed by atoms with Crippen LogP contribution >= 0.6 is 0 Å². The maximum absolute atomic E-state index is 4.48. The minimum atomic E-state index is 0.357. The summed E-state index contributed by atoms with van der Waals surface area (Å²) in [5, 5.41) is 8.15. The van der Waals surface area contributed by atoms with Crippen LogP contribution in [0.5, 0.6) is 0 Å². The molecule has 0 radical (unpaired) electrons. The molecule has 0 aliphatic heterocycles. The smallest absolute Gasteiger partial charge is 0.0644 e. The van der Waals surface area contributed by atoms with Crippen LogP contribution < -0.4 is 5.32 Å². The molecule has 0 amide bonds. The van der Waals surface area contributed by atoms with E-state index in [-0.39, 0.29) is 0 Å². The number of hydrogen-bond acceptors (Lipinski definition) is 3. The van der Waals surface area contributed by atoms with Crippen molar-refractivity contribution in [2.24, 2.45) is 7.05 Å². The molecule has 4 heteroatoms. The van der Waals surface area contributed by atoms with E-state index >= 15 is 0 Å². The molecule has 0 aliphatic rings. The van der Waals surface area contributed by atoms with Crippen LogP contribution in [0.4, 0.5) is 0 Å². The molecule has 1 heterocycles. The summed E-state index contributed by atoms with van der Waals surface area (Å²) in [6.07, 6.45) is 1.16. The van der Waals surface area contributed by atoms with Crippen LogP contribution in [-0.4, -0.2) is 41.4 Å². The molecule has 0 saturated carbocycles. The van der Waals surface area contributed by atoms with Crippen LogP contribution in [0.25, 0.3) is 0 Å². The highest BCUT2D eigenvalue weighted by molar-refractivity contribution is 5.27. The normalized spacial score (nSPS) is 15.1. The Morgan fingerprint density at radius 3 is 2.33 bits per heavy atom. The number of aromatic nitrogens is 2. The van der Waals surface area contributed by atoms with Gasteiger partial charge in [0.15, 0.2) is 0 Å². The van der Waals surface area contributed by atoms with Gasteiger partial charge in [0.05, 0.1) is 5.69 Å². The largest absolute Gasteiger partial charge is 0.309 e. The van der Waals surface area contributed by atoms with Gasteiger partial charge in [-0.15, -0.1) is 0 Å². The zero-order chi connectivity index (χ0) is 13.9. The molecule has 18 heavy (non-hydrogen) atoms. The van der Waals surface area contributed by atoms with Crippen LogP contribution in [0.3, 0.4) is 0 Å². The highest BCUT2D eigenvalue weighted by Crippen LogP contribution is 2.21. The SMILES string of the molecule is Cc1nn(C)c(C)c1C(C)NC(C)CCN(C)C. The van der Waals surface area contributed by atoms with E-state index in [1.165, 1.54) is 11.3 Å². The molecule has 1 aromatic heterocycles. The van der Waals surface area contributed by atoms with Gasteiger partial charge in [-0.3, -0.25) is 4.68 Å². The van der Waals surface area contributed by atoms with Gasteiger partial charge in [0, 0.05) is 30.4 Å². The zero-order valence-electron chi connectivity index (χ0n) is 12.9. The highest BCUT2D eigenvalue weighted by atomic mass is 15.3. The van der Waals surface area contributed by atoms with E-state index in [2.05, 4.69) is 57.1 Å². The molecule has 0 spiro atoms. The maximum atomic E-state index is 4.48. The molecule has 2 atom stereocenters. The third kappa shape index (κ3) is 3.82. The van der Waals surface area contributed by atoms with E-state index in [1.54, 1.807) is 0 Å². The lowest BCUT2D eigenvalue weighted by atomic mass is 10.0. The first-order valence-corrected chi connectivity index (χ1v) is 6.73. The summed E-state index contributed by atoms with van der Waals surface area (Å²) in [4.78, 5) is 2.23. The van der Waals surface area contributed by atoms with Gasteiger partial charge in [-0.25, -0.2) is 0 Å². The molecule has 0 fully saturated rings. The molecule has 2 unspecified atom stereocenters. The summed E-state index contributed by atoms with van der Waals surface area (Å²) in [5.41, 5.74) is 3.73. The van der Waals surface area contributed by atoms with E-state index in [0.29, 0.717) is 12.1 Å². The molecule has 0 aromatic carbocycles. The molecule has 0 aliphatic carbocycles. The topological polar surface area (TPSA) is 33.1 Å². The van der Waals surface area contributed by atoms with E-state index < -0.39 is 0 Å². The first kappa shape index (κ1) is 15.2. The number of rotatable bonds is 6. The highest BCUT2D eigenvalue weighted by Gasteiger charge is 2.17. The monoisotopic (exact) mass is 252 g/mol. The summed E-state index contributed by atoms with van der Waals surface area (Å²) in [6, 6.07) is 0.872. The van der Waals surface area contributed by atoms with Crippen molar-refractivity contribution in [3.63, 3.8) is 0 Å². The van der Waals surface area contributed by atoms with Crippen molar-refractivity contribution in [3.8, 4) is 0 Å². The van der Waals surface area contributed by atoms with Gasteiger partial charge in [-0.1, -0.05) is 0 Å². The van der Waals surface area contributed by atoms with Crippen LogP contribution in [0, 0.1) is 13.8 Å². The lowest BCUT2D eigenvalue weighted by Crippen LogP contribution is -2.32. The minimum absolute atomic E-state index is 0.357. The summed E-state index contributed by atoms with van der Waals surface area (Å²) in [5.74, 6) is 0. The van der Waals surface area contributed by atoms with Gasteiger partial charge in [0.1, 0.15) is 0 Å². The number of nitrogens with one attached hydrogen (secondary N) is 1. The Hall–Kier alpha value is -0.870. The number of aryl methyl sites for hydroxylation is 2. The van der Waals surface area contributed by atoms with Gasteiger partial charge in [0.2, 0.25) is 0 Å². The predicted octanol–water partition coefficient (Wildman–Crippen LogP) is 2.03. The lowest BCUT2D eigenvalue weighted by Gasteiger charge is -2.22. The number of hydrogen-bond donors (Lipinski definition) is 1. The third-order valence-electron chi connectivity index (χ3n) is 3.54. The Bertz CT molecular complexity index is 381. The third-order valence-corrected chi connectivity index (χ3v) is 3.54. The van der Waals surface area contributed by atoms with Crippen molar-refractivity contribution in [1.82, 2.24) is 20.0 Å². The molecule has 1 rings (SSSR count). The summed E-state index contributed by atoms with van der Waals surface area (Å²) in [6.45, 7) is 9.82. The van der Waals surface area contributed by atoms with Crippen molar-refractivity contribution in [2.45, 2.75) is 46.2 Å². The minimum Gasteiger partial charge on any atom is -0.309 e. The zero-order valence-corrected chi connectivity index (χ0v) is 12.9. The van der Waals surface area contributed by atoms with Gasteiger partial charge in [0.25, 0.3) is 0 Å². The molecule has 4 nitrogen and oxygen atoms in total. The fourth-order valence-corrected chi connectivity index (χ4v) is 2.46. The Labute approximate surface area is 111 Å². The molecule has 104 valence electrons. The molecular weight excluding hydrogens is 224 g/mol. The first-order chi connectivity index (χ1) is 8.32. The Morgan fingerprint density at radius 2 is 1.89 bits per heavy atom. The molecule has 1 N–H and O–H groups in total. The maximum Gasteiger partial charge on any atom is 0.0644 e. The Kier molecular flexibility index (Phi) is 5.35. The summed E-state index contributed by atoms with van der Waals surface area (Å²) in [7, 11) is 6.24. The average Bonchev–Trinajstić information content (AvgIpc) is 2.50. The second-order valence-electron chi connectivity index (χ2n) is 5.59. The lowest BCUT2D eigenvalue weighted by molar-refractivity contribution is 0.354. The van der Waals surface area contributed by atoms with Gasteiger partial charge < -0.3 is 10.2 Å². The second-order valence-corrected chi connectivity index (χ2v) is 5.59. The Morgan fingerprint density at radius 1 is 1.28 bits per heavy atom. The van der Waals surface area contributed by atoms with Gasteiger partial charge >= 0.3 is 0 Å². The van der Waals surface area contributed by atoms with Crippen LogP contribution in [0.2, 0.25) is 0 Å². The van der Waals surface area contributed by atoms with Crippen molar-refractivity contribution in [1.29, 1.82) is 0 Å². The van der Waals surface area contributed by atoms with E-state index in [4.69, 9.17) is 0 Å².